The van der Waals surface area contributed by atoms with E-state index < -0.39 is 0 Å². The number of nitrogens with one attached hydrogen (secondary N) is 2. The van der Waals surface area contributed by atoms with E-state index >= 15 is 0 Å². The van der Waals surface area contributed by atoms with E-state index in [-0.39, 0.29) is 11.6 Å². The Hall–Kier alpha value is -1.13. The third kappa shape index (κ3) is 3.17. The van der Waals surface area contributed by atoms with Crippen molar-refractivity contribution in [3.8, 4) is 0 Å². The minimum atomic E-state index is -0.0208. The molecule has 0 aliphatic heterocycles. The molecule has 2 rings (SSSR count). The number of H-pyrrole nitrogens is 1. The van der Waals surface area contributed by atoms with Gasteiger partial charge in [-0.2, -0.15) is 5.48 Å². The first-order chi connectivity index (χ1) is 8.16. The first kappa shape index (κ1) is 12.3. The summed E-state index contributed by atoms with van der Waals surface area (Å²) < 4.78 is 0. The number of aromatic amines is 1. The summed E-state index contributed by atoms with van der Waals surface area (Å²) in [5, 5.41) is 0. The van der Waals surface area contributed by atoms with Gasteiger partial charge in [-0.3, -0.25) is 4.79 Å². The molecular formula is C13H20N2O2. The van der Waals surface area contributed by atoms with Gasteiger partial charge in [-0.1, -0.05) is 19.9 Å². The third-order valence-electron chi connectivity index (χ3n) is 2.97. The van der Waals surface area contributed by atoms with E-state index in [2.05, 4.69) is 24.3 Å². The van der Waals surface area contributed by atoms with Crippen molar-refractivity contribution in [1.82, 2.24) is 10.5 Å². The van der Waals surface area contributed by atoms with Crippen molar-refractivity contribution in [2.45, 2.75) is 39.2 Å². The van der Waals surface area contributed by atoms with Gasteiger partial charge in [-0.15, -0.1) is 0 Å². The maximum atomic E-state index is 11.2. The quantitative estimate of drug-likeness (QED) is 0.785. The molecular weight excluding hydrogens is 216 g/mol. The Bertz CT molecular complexity index is 426. The largest absolute Gasteiger partial charge is 0.326 e. The highest BCUT2D eigenvalue weighted by Gasteiger charge is 2.20. The zero-order valence-electron chi connectivity index (χ0n) is 10.5. The molecule has 2 N–H and O–H groups in total. The Labute approximate surface area is 101 Å². The lowest BCUT2D eigenvalue weighted by molar-refractivity contribution is -0.00349. The minimum absolute atomic E-state index is 0.0208. The molecule has 17 heavy (non-hydrogen) atoms. The second-order valence-electron chi connectivity index (χ2n) is 5.02. The number of pyridine rings is 1. The molecule has 1 aromatic rings. The Morgan fingerprint density at radius 3 is 3.12 bits per heavy atom. The zero-order chi connectivity index (χ0) is 12.3. The first-order valence-corrected chi connectivity index (χ1v) is 6.26. The fraction of sp³-hybridized carbons (Fsp3) is 0.615. The monoisotopic (exact) mass is 236 g/mol. The molecule has 0 fully saturated rings. The van der Waals surface area contributed by atoms with Gasteiger partial charge >= 0.3 is 0 Å². The van der Waals surface area contributed by atoms with E-state index in [1.54, 1.807) is 6.07 Å². The van der Waals surface area contributed by atoms with Crippen LogP contribution < -0.4 is 11.0 Å². The highest BCUT2D eigenvalue weighted by atomic mass is 16.6. The van der Waals surface area contributed by atoms with Gasteiger partial charge in [-0.25, -0.2) is 0 Å². The van der Waals surface area contributed by atoms with E-state index in [0.717, 1.165) is 25.0 Å². The Balaban J connectivity index is 2.04. The standard InChI is InChI=1S/C13H20N2O2/c1-9(2)8-17-15-12-5-3-4-11-10(12)6-7-13(16)14-11/h6-7,9,12,15H,3-5,8H2,1-2H3,(H,14,16). The van der Waals surface area contributed by atoms with Gasteiger partial charge in [0, 0.05) is 11.8 Å². The Morgan fingerprint density at radius 1 is 1.53 bits per heavy atom. The maximum absolute atomic E-state index is 11.2. The summed E-state index contributed by atoms with van der Waals surface area (Å²) in [5.41, 5.74) is 5.30. The molecule has 1 aromatic heterocycles. The fourth-order valence-electron chi connectivity index (χ4n) is 2.14. The van der Waals surface area contributed by atoms with Crippen LogP contribution in [-0.2, 0) is 11.3 Å². The summed E-state index contributed by atoms with van der Waals surface area (Å²) in [6, 6.07) is 3.69. The number of aryl methyl sites for hydroxylation is 1. The Morgan fingerprint density at radius 2 is 2.35 bits per heavy atom. The topological polar surface area (TPSA) is 54.1 Å². The molecule has 1 atom stereocenters. The first-order valence-electron chi connectivity index (χ1n) is 6.26. The van der Waals surface area contributed by atoms with Crippen LogP contribution in [0.1, 0.15) is 44.0 Å². The molecule has 1 heterocycles. The number of fused-ring (bicyclic) bond motifs is 1. The van der Waals surface area contributed by atoms with Gasteiger partial charge in [0.05, 0.1) is 12.6 Å². The van der Waals surface area contributed by atoms with Crippen LogP contribution in [0.3, 0.4) is 0 Å². The molecule has 0 saturated heterocycles. The van der Waals surface area contributed by atoms with E-state index in [1.807, 2.05) is 6.07 Å². The number of hydrogen-bond donors (Lipinski definition) is 2. The molecule has 1 unspecified atom stereocenters. The van der Waals surface area contributed by atoms with Crippen LogP contribution in [0.4, 0.5) is 0 Å². The molecule has 0 spiro atoms. The van der Waals surface area contributed by atoms with Crippen molar-refractivity contribution < 1.29 is 4.84 Å². The van der Waals surface area contributed by atoms with Gasteiger partial charge in [0.25, 0.3) is 0 Å². The second-order valence-corrected chi connectivity index (χ2v) is 5.02. The van der Waals surface area contributed by atoms with Crippen LogP contribution in [0.5, 0.6) is 0 Å². The summed E-state index contributed by atoms with van der Waals surface area (Å²) in [5.74, 6) is 0.515. The van der Waals surface area contributed by atoms with Crippen molar-refractivity contribution >= 4 is 0 Å². The predicted molar refractivity (Wildman–Crippen MR) is 66.7 cm³/mol. The minimum Gasteiger partial charge on any atom is -0.326 e. The van der Waals surface area contributed by atoms with Gasteiger partial charge in [0.2, 0.25) is 5.56 Å². The molecule has 0 aromatic carbocycles. The molecule has 1 aliphatic carbocycles. The predicted octanol–water partition coefficient (Wildman–Crippen LogP) is 1.93. The van der Waals surface area contributed by atoms with E-state index in [1.165, 1.54) is 5.56 Å². The maximum Gasteiger partial charge on any atom is 0.248 e. The van der Waals surface area contributed by atoms with Crippen LogP contribution in [0.15, 0.2) is 16.9 Å². The highest BCUT2D eigenvalue weighted by Crippen LogP contribution is 2.27. The molecule has 0 bridgehead atoms. The lowest BCUT2D eigenvalue weighted by atomic mass is 9.92. The summed E-state index contributed by atoms with van der Waals surface area (Å²) in [6.07, 6.45) is 3.08. The average molecular weight is 236 g/mol. The SMILES string of the molecule is CC(C)CONC1CCCc2[nH]c(=O)ccc21. The van der Waals surface area contributed by atoms with Crippen molar-refractivity contribution in [3.05, 3.63) is 33.7 Å². The van der Waals surface area contributed by atoms with Gasteiger partial charge in [-0.05, 0) is 30.7 Å². The van der Waals surface area contributed by atoms with E-state index in [9.17, 15) is 4.79 Å². The molecule has 4 nitrogen and oxygen atoms in total. The second kappa shape index (κ2) is 5.47. The third-order valence-corrected chi connectivity index (χ3v) is 2.97. The van der Waals surface area contributed by atoms with Crippen LogP contribution in [0.2, 0.25) is 0 Å². The normalized spacial score (nSPS) is 19.4. The van der Waals surface area contributed by atoms with Crippen LogP contribution >= 0.6 is 0 Å². The van der Waals surface area contributed by atoms with E-state index in [4.69, 9.17) is 4.84 Å². The summed E-state index contributed by atoms with van der Waals surface area (Å²) in [4.78, 5) is 19.6. The lowest BCUT2D eigenvalue weighted by Gasteiger charge is -2.25. The van der Waals surface area contributed by atoms with Crippen LogP contribution in [-0.4, -0.2) is 11.6 Å². The van der Waals surface area contributed by atoms with Crippen molar-refractivity contribution in [2.24, 2.45) is 5.92 Å². The number of hydroxylamine groups is 1. The Kier molecular flexibility index (Phi) is 3.97. The fourth-order valence-corrected chi connectivity index (χ4v) is 2.14. The zero-order valence-corrected chi connectivity index (χ0v) is 10.5. The summed E-state index contributed by atoms with van der Waals surface area (Å²) in [6.45, 7) is 4.94. The summed E-state index contributed by atoms with van der Waals surface area (Å²) >= 11 is 0. The molecule has 4 heteroatoms. The molecule has 1 aliphatic rings. The number of rotatable bonds is 4. The molecule has 94 valence electrons. The van der Waals surface area contributed by atoms with Crippen molar-refractivity contribution in [3.63, 3.8) is 0 Å². The lowest BCUT2D eigenvalue weighted by Crippen LogP contribution is -2.28. The van der Waals surface area contributed by atoms with Crippen molar-refractivity contribution in [1.29, 1.82) is 0 Å². The summed E-state index contributed by atoms with van der Waals surface area (Å²) in [7, 11) is 0. The number of hydrogen-bond acceptors (Lipinski definition) is 3. The van der Waals surface area contributed by atoms with Crippen LogP contribution in [0.25, 0.3) is 0 Å². The van der Waals surface area contributed by atoms with Gasteiger partial charge in [0.1, 0.15) is 0 Å². The smallest absolute Gasteiger partial charge is 0.248 e. The molecule has 0 saturated carbocycles. The average Bonchev–Trinajstić information content (AvgIpc) is 2.28. The van der Waals surface area contributed by atoms with Crippen molar-refractivity contribution in [2.75, 3.05) is 6.61 Å². The van der Waals surface area contributed by atoms with E-state index in [0.29, 0.717) is 12.5 Å². The highest BCUT2D eigenvalue weighted by molar-refractivity contribution is 5.25. The van der Waals surface area contributed by atoms with Gasteiger partial charge in [0.15, 0.2) is 0 Å². The molecule has 0 amide bonds. The van der Waals surface area contributed by atoms with Crippen LogP contribution in [0, 0.1) is 5.92 Å². The number of aromatic nitrogens is 1. The molecule has 0 radical (unpaired) electrons. The van der Waals surface area contributed by atoms with Gasteiger partial charge < -0.3 is 9.82 Å².